The second-order valence-electron chi connectivity index (χ2n) is 6.55. The van der Waals surface area contributed by atoms with Crippen molar-refractivity contribution in [3.05, 3.63) is 64.6 Å². The molecule has 2 heterocycles. The summed E-state index contributed by atoms with van der Waals surface area (Å²) in [5.74, 6) is 0.476. The number of carbonyl (C=O) groups is 1. The Hall–Kier alpha value is -2.64. The largest absolute Gasteiger partial charge is 0.381 e. The highest BCUT2D eigenvalue weighted by Crippen LogP contribution is 2.12. The highest BCUT2D eigenvalue weighted by molar-refractivity contribution is 5.89. The third-order valence-corrected chi connectivity index (χ3v) is 4.37. The van der Waals surface area contributed by atoms with Crippen LogP contribution >= 0.6 is 0 Å². The molecule has 3 rings (SSSR count). The number of nitrogens with one attached hydrogen (secondary N) is 2. The second kappa shape index (κ2) is 9.89. The van der Waals surface area contributed by atoms with Crippen molar-refractivity contribution >= 4 is 11.7 Å². The molecule has 0 bridgehead atoms. The summed E-state index contributed by atoms with van der Waals surface area (Å²) in [6.07, 6.45) is 2.80. The summed E-state index contributed by atoms with van der Waals surface area (Å²) in [6, 6.07) is 12.2. The van der Waals surface area contributed by atoms with Crippen LogP contribution in [0.3, 0.4) is 0 Å². The van der Waals surface area contributed by atoms with Crippen molar-refractivity contribution in [1.82, 2.24) is 9.88 Å². The summed E-state index contributed by atoms with van der Waals surface area (Å²) < 4.78 is 12.5. The number of anilines is 1. The van der Waals surface area contributed by atoms with Crippen molar-refractivity contribution in [2.24, 2.45) is 5.92 Å². The molecule has 0 aliphatic carbocycles. The maximum absolute atomic E-state index is 11.9. The molecule has 27 heavy (non-hydrogen) atoms. The molecule has 144 valence electrons. The standard InChI is InChI=1S/C20H25N3O4/c24-19-3-1-2-10-23(19)13-16-4-6-18(7-5-16)22-20(25)21-9-12-27-15-17-8-11-26-14-17/h1-7,10,17H,8-9,11-15H2,(H2,21,22,25). The Bertz CT molecular complexity index is 782. The van der Waals surface area contributed by atoms with Crippen molar-refractivity contribution in [1.29, 1.82) is 0 Å². The topological polar surface area (TPSA) is 81.6 Å². The van der Waals surface area contributed by atoms with Crippen LogP contribution in [0.1, 0.15) is 12.0 Å². The number of carbonyl (C=O) groups excluding carboxylic acids is 1. The van der Waals surface area contributed by atoms with E-state index < -0.39 is 0 Å². The minimum atomic E-state index is -0.269. The van der Waals surface area contributed by atoms with Gasteiger partial charge in [-0.15, -0.1) is 0 Å². The number of pyridine rings is 1. The summed E-state index contributed by atoms with van der Waals surface area (Å²) in [4.78, 5) is 23.6. The Kier molecular flexibility index (Phi) is 7.01. The third kappa shape index (κ3) is 6.23. The van der Waals surface area contributed by atoms with Gasteiger partial charge >= 0.3 is 6.03 Å². The average Bonchev–Trinajstić information content (AvgIpc) is 3.18. The fraction of sp³-hybridized carbons (Fsp3) is 0.400. The van der Waals surface area contributed by atoms with Gasteiger partial charge in [-0.05, 0) is 30.2 Å². The van der Waals surface area contributed by atoms with Crippen molar-refractivity contribution < 1.29 is 14.3 Å². The number of rotatable bonds is 8. The molecular formula is C20H25N3O4. The minimum absolute atomic E-state index is 0.0400. The van der Waals surface area contributed by atoms with Crippen LogP contribution < -0.4 is 16.2 Å². The fourth-order valence-corrected chi connectivity index (χ4v) is 2.86. The van der Waals surface area contributed by atoms with Crippen molar-refractivity contribution in [2.45, 2.75) is 13.0 Å². The molecule has 1 atom stereocenters. The number of urea groups is 1. The zero-order chi connectivity index (χ0) is 18.9. The third-order valence-electron chi connectivity index (χ3n) is 4.37. The first-order valence-electron chi connectivity index (χ1n) is 9.15. The number of benzene rings is 1. The highest BCUT2D eigenvalue weighted by atomic mass is 16.5. The molecule has 1 saturated heterocycles. The summed E-state index contributed by atoms with van der Waals surface area (Å²) in [5, 5.41) is 5.55. The molecule has 7 heteroatoms. The zero-order valence-corrected chi connectivity index (χ0v) is 15.2. The summed E-state index contributed by atoms with van der Waals surface area (Å²) in [7, 11) is 0. The van der Waals surface area contributed by atoms with Gasteiger partial charge in [0.25, 0.3) is 5.56 Å². The molecule has 2 aromatic rings. The first-order chi connectivity index (χ1) is 13.2. The Morgan fingerprint density at radius 2 is 2.07 bits per heavy atom. The molecule has 1 unspecified atom stereocenters. The van der Waals surface area contributed by atoms with Gasteiger partial charge in [0.1, 0.15) is 0 Å². The Balaban J connectivity index is 1.36. The average molecular weight is 371 g/mol. The molecule has 0 saturated carbocycles. The van der Waals surface area contributed by atoms with E-state index in [-0.39, 0.29) is 11.6 Å². The van der Waals surface area contributed by atoms with Crippen LogP contribution in [0, 0.1) is 5.92 Å². The predicted octanol–water partition coefficient (Wildman–Crippen LogP) is 2.07. The highest BCUT2D eigenvalue weighted by Gasteiger charge is 2.15. The van der Waals surface area contributed by atoms with Crippen LogP contribution in [0.5, 0.6) is 0 Å². The SMILES string of the molecule is O=C(NCCOCC1CCOC1)Nc1ccc(Cn2ccccc2=O)cc1. The van der Waals surface area contributed by atoms with Gasteiger partial charge < -0.3 is 24.7 Å². The van der Waals surface area contributed by atoms with Gasteiger partial charge in [-0.25, -0.2) is 4.79 Å². The van der Waals surface area contributed by atoms with E-state index in [1.165, 1.54) is 6.07 Å². The molecule has 1 aliphatic rings. The van der Waals surface area contributed by atoms with E-state index >= 15 is 0 Å². The van der Waals surface area contributed by atoms with Crippen LogP contribution in [-0.2, 0) is 16.0 Å². The van der Waals surface area contributed by atoms with E-state index in [0.717, 1.165) is 25.2 Å². The molecule has 7 nitrogen and oxygen atoms in total. The molecule has 2 N–H and O–H groups in total. The number of aromatic nitrogens is 1. The summed E-state index contributed by atoms with van der Waals surface area (Å²) in [6.45, 7) is 3.69. The number of nitrogens with zero attached hydrogens (tertiary/aromatic N) is 1. The lowest BCUT2D eigenvalue weighted by Crippen LogP contribution is -2.32. The normalized spacial score (nSPS) is 16.2. The fourth-order valence-electron chi connectivity index (χ4n) is 2.86. The number of amides is 2. The van der Waals surface area contributed by atoms with Crippen LogP contribution in [-0.4, -0.2) is 43.6 Å². The Morgan fingerprint density at radius 1 is 1.22 bits per heavy atom. The number of hydrogen-bond donors (Lipinski definition) is 2. The van der Waals surface area contributed by atoms with E-state index in [9.17, 15) is 9.59 Å². The predicted molar refractivity (Wildman–Crippen MR) is 103 cm³/mol. The first kappa shape index (κ1) is 19.1. The van der Waals surface area contributed by atoms with Gasteiger partial charge in [0.15, 0.2) is 0 Å². The quantitative estimate of drug-likeness (QED) is 0.696. The number of hydrogen-bond acceptors (Lipinski definition) is 4. The van der Waals surface area contributed by atoms with Crippen molar-refractivity contribution in [2.75, 3.05) is 38.3 Å². The first-order valence-corrected chi connectivity index (χ1v) is 9.15. The van der Waals surface area contributed by atoms with Crippen LogP contribution in [0.2, 0.25) is 0 Å². The number of ether oxygens (including phenoxy) is 2. The summed E-state index contributed by atoms with van der Waals surface area (Å²) >= 11 is 0. The minimum Gasteiger partial charge on any atom is -0.381 e. The van der Waals surface area contributed by atoms with E-state index in [4.69, 9.17) is 9.47 Å². The van der Waals surface area contributed by atoms with Gasteiger partial charge in [0.05, 0.1) is 26.4 Å². The van der Waals surface area contributed by atoms with Crippen LogP contribution in [0.15, 0.2) is 53.5 Å². The lowest BCUT2D eigenvalue weighted by Gasteiger charge is -2.11. The monoisotopic (exact) mass is 371 g/mol. The van der Waals surface area contributed by atoms with Gasteiger partial charge in [-0.2, -0.15) is 0 Å². The molecule has 2 amide bonds. The van der Waals surface area contributed by atoms with Crippen LogP contribution in [0.25, 0.3) is 0 Å². The van der Waals surface area contributed by atoms with Crippen LogP contribution in [0.4, 0.5) is 10.5 Å². The lowest BCUT2D eigenvalue weighted by molar-refractivity contribution is 0.0923. The van der Waals surface area contributed by atoms with Crippen molar-refractivity contribution in [3.8, 4) is 0 Å². The van der Waals surface area contributed by atoms with Gasteiger partial charge in [-0.1, -0.05) is 18.2 Å². The Labute approximate surface area is 158 Å². The second-order valence-corrected chi connectivity index (χ2v) is 6.55. The molecular weight excluding hydrogens is 346 g/mol. The summed E-state index contributed by atoms with van der Waals surface area (Å²) in [5.41, 5.74) is 1.64. The van der Waals surface area contributed by atoms with Crippen molar-refractivity contribution in [3.63, 3.8) is 0 Å². The van der Waals surface area contributed by atoms with E-state index in [0.29, 0.717) is 37.9 Å². The molecule has 1 aromatic carbocycles. The maximum atomic E-state index is 11.9. The smallest absolute Gasteiger partial charge is 0.319 e. The Morgan fingerprint density at radius 3 is 2.81 bits per heavy atom. The van der Waals surface area contributed by atoms with E-state index in [2.05, 4.69) is 10.6 Å². The van der Waals surface area contributed by atoms with E-state index in [1.807, 2.05) is 30.3 Å². The lowest BCUT2D eigenvalue weighted by atomic mass is 10.1. The van der Waals surface area contributed by atoms with Gasteiger partial charge in [-0.3, -0.25) is 4.79 Å². The molecule has 0 radical (unpaired) electrons. The molecule has 0 spiro atoms. The molecule has 1 fully saturated rings. The van der Waals surface area contributed by atoms with Gasteiger partial charge in [0.2, 0.25) is 0 Å². The molecule has 1 aliphatic heterocycles. The zero-order valence-electron chi connectivity index (χ0n) is 15.2. The van der Waals surface area contributed by atoms with Gasteiger partial charge in [0, 0.05) is 37.0 Å². The maximum Gasteiger partial charge on any atom is 0.319 e. The van der Waals surface area contributed by atoms with E-state index in [1.54, 1.807) is 16.8 Å². The molecule has 1 aromatic heterocycles.